The van der Waals surface area contributed by atoms with Crippen LogP contribution >= 0.6 is 11.6 Å². The Labute approximate surface area is 168 Å². The maximum absolute atomic E-state index is 13.0. The van der Waals surface area contributed by atoms with Crippen LogP contribution in [0.3, 0.4) is 0 Å². The van der Waals surface area contributed by atoms with Gasteiger partial charge in [0, 0.05) is 24.7 Å². The summed E-state index contributed by atoms with van der Waals surface area (Å²) in [4.78, 5) is 12.1. The van der Waals surface area contributed by atoms with Crippen LogP contribution in [0.1, 0.15) is 54.4 Å². The van der Waals surface area contributed by atoms with Crippen LogP contribution in [-0.2, 0) is 24.1 Å². The Balaban J connectivity index is 1.52. The Morgan fingerprint density at radius 1 is 1.31 bits per heavy atom. The fourth-order valence-electron chi connectivity index (χ4n) is 3.00. The van der Waals surface area contributed by atoms with Crippen molar-refractivity contribution in [2.45, 2.75) is 57.8 Å². The van der Waals surface area contributed by atoms with E-state index in [0.29, 0.717) is 17.8 Å². The van der Waals surface area contributed by atoms with Gasteiger partial charge in [-0.2, -0.15) is 23.4 Å². The van der Waals surface area contributed by atoms with Gasteiger partial charge in [0.05, 0.1) is 10.7 Å². The summed E-state index contributed by atoms with van der Waals surface area (Å²) in [5.41, 5.74) is -0.680. The molecule has 29 heavy (non-hydrogen) atoms. The van der Waals surface area contributed by atoms with Crippen LogP contribution in [0.5, 0.6) is 0 Å². The highest BCUT2D eigenvalue weighted by atomic mass is 35.5. The molecule has 160 valence electrons. The van der Waals surface area contributed by atoms with E-state index < -0.39 is 29.9 Å². The number of halogens is 6. The van der Waals surface area contributed by atoms with Crippen molar-refractivity contribution in [1.29, 1.82) is 0 Å². The average molecular weight is 440 g/mol. The number of nitrogens with zero attached hydrogens (tertiary/aromatic N) is 4. The lowest BCUT2D eigenvalue weighted by molar-refractivity contribution is -0.141. The molecule has 6 nitrogen and oxygen atoms in total. The zero-order valence-electron chi connectivity index (χ0n) is 15.4. The molecule has 2 aromatic heterocycles. The molecule has 0 bridgehead atoms. The molecule has 0 aliphatic heterocycles. The standard InChI is InChI=1S/C17H19ClF5N5O/c1-9-7-11(17(21,22)23)25-27(9)6-2-5-24-12(29)8-28-15(10-3-4-10)13(18)14(26-28)16(19)20/h7,10,16H,2-6,8H2,1H3,(H,24,29). The minimum atomic E-state index is -4.51. The van der Waals surface area contributed by atoms with Crippen LogP contribution in [0.25, 0.3) is 0 Å². The average Bonchev–Trinajstić information content (AvgIpc) is 3.29. The zero-order chi connectivity index (χ0) is 21.3. The topological polar surface area (TPSA) is 64.7 Å². The summed E-state index contributed by atoms with van der Waals surface area (Å²) in [5.74, 6) is -0.416. The Morgan fingerprint density at radius 3 is 2.55 bits per heavy atom. The second kappa shape index (κ2) is 8.29. The number of alkyl halides is 5. The van der Waals surface area contributed by atoms with Crippen molar-refractivity contribution in [2.75, 3.05) is 6.54 Å². The highest BCUT2D eigenvalue weighted by Gasteiger charge is 2.35. The van der Waals surface area contributed by atoms with E-state index in [1.54, 1.807) is 0 Å². The van der Waals surface area contributed by atoms with Gasteiger partial charge < -0.3 is 5.32 Å². The highest BCUT2D eigenvalue weighted by molar-refractivity contribution is 6.32. The third-order valence-electron chi connectivity index (χ3n) is 4.56. The first-order chi connectivity index (χ1) is 13.6. The summed E-state index contributed by atoms with van der Waals surface area (Å²) < 4.78 is 66.5. The van der Waals surface area contributed by atoms with Gasteiger partial charge in [-0.1, -0.05) is 11.6 Å². The molecule has 1 saturated carbocycles. The number of hydrogen-bond donors (Lipinski definition) is 1. The molecule has 2 heterocycles. The van der Waals surface area contributed by atoms with Gasteiger partial charge in [-0.05, 0) is 32.3 Å². The highest BCUT2D eigenvalue weighted by Crippen LogP contribution is 2.45. The Bertz CT molecular complexity index is 888. The van der Waals surface area contributed by atoms with E-state index in [4.69, 9.17) is 11.6 Å². The van der Waals surface area contributed by atoms with Gasteiger partial charge in [0.1, 0.15) is 12.2 Å². The van der Waals surface area contributed by atoms with Crippen LogP contribution in [0.4, 0.5) is 22.0 Å². The largest absolute Gasteiger partial charge is 0.435 e. The van der Waals surface area contributed by atoms with Gasteiger partial charge >= 0.3 is 6.18 Å². The lowest BCUT2D eigenvalue weighted by Crippen LogP contribution is -2.30. The zero-order valence-corrected chi connectivity index (χ0v) is 16.2. The number of aromatic nitrogens is 4. The second-order valence-corrected chi connectivity index (χ2v) is 7.29. The van der Waals surface area contributed by atoms with Gasteiger partial charge in [0.25, 0.3) is 6.43 Å². The first-order valence-corrected chi connectivity index (χ1v) is 9.38. The Kier molecular flexibility index (Phi) is 6.16. The van der Waals surface area contributed by atoms with E-state index in [-0.39, 0.29) is 30.6 Å². The summed E-state index contributed by atoms with van der Waals surface area (Å²) in [6, 6.07) is 0.958. The molecule has 0 unspecified atom stereocenters. The first-order valence-electron chi connectivity index (χ1n) is 9.00. The lowest BCUT2D eigenvalue weighted by Gasteiger charge is -2.09. The molecule has 1 amide bonds. The van der Waals surface area contributed by atoms with E-state index in [9.17, 15) is 26.7 Å². The number of rotatable bonds is 8. The van der Waals surface area contributed by atoms with Crippen molar-refractivity contribution < 1.29 is 26.7 Å². The van der Waals surface area contributed by atoms with Crippen molar-refractivity contribution >= 4 is 17.5 Å². The Hall–Kier alpha value is -2.17. The van der Waals surface area contributed by atoms with E-state index >= 15 is 0 Å². The molecule has 0 aromatic carbocycles. The molecule has 1 fully saturated rings. The molecule has 0 saturated heterocycles. The molecular weight excluding hydrogens is 421 g/mol. The molecule has 0 atom stereocenters. The summed E-state index contributed by atoms with van der Waals surface area (Å²) in [7, 11) is 0. The van der Waals surface area contributed by atoms with Crippen molar-refractivity contribution in [1.82, 2.24) is 24.9 Å². The van der Waals surface area contributed by atoms with Crippen molar-refractivity contribution in [2.24, 2.45) is 0 Å². The van der Waals surface area contributed by atoms with Crippen LogP contribution in [-0.4, -0.2) is 32.0 Å². The van der Waals surface area contributed by atoms with Gasteiger partial charge in [0.15, 0.2) is 5.69 Å². The molecule has 1 N–H and O–H groups in total. The number of carbonyl (C=O) groups excluding carboxylic acids is 1. The van der Waals surface area contributed by atoms with Gasteiger partial charge in [-0.15, -0.1) is 0 Å². The molecule has 3 rings (SSSR count). The lowest BCUT2D eigenvalue weighted by atomic mass is 10.2. The van der Waals surface area contributed by atoms with Gasteiger partial charge in [-0.3, -0.25) is 14.2 Å². The maximum Gasteiger partial charge on any atom is 0.435 e. The van der Waals surface area contributed by atoms with E-state index in [1.165, 1.54) is 16.3 Å². The summed E-state index contributed by atoms with van der Waals surface area (Å²) >= 11 is 6.00. The first kappa shape index (κ1) is 21.5. The number of aryl methyl sites for hydroxylation is 2. The number of amides is 1. The third-order valence-corrected chi connectivity index (χ3v) is 4.95. The molecule has 1 aliphatic carbocycles. The van der Waals surface area contributed by atoms with Crippen molar-refractivity contribution in [3.63, 3.8) is 0 Å². The number of carbonyl (C=O) groups is 1. The number of nitrogens with one attached hydrogen (secondary N) is 1. The summed E-state index contributed by atoms with van der Waals surface area (Å²) in [5, 5.41) is 9.80. The molecule has 0 spiro atoms. The number of hydrogen-bond acceptors (Lipinski definition) is 3. The van der Waals surface area contributed by atoms with E-state index in [0.717, 1.165) is 18.9 Å². The monoisotopic (exact) mass is 439 g/mol. The predicted octanol–water partition coefficient (Wildman–Crippen LogP) is 4.08. The molecular formula is C17H19ClF5N5O. The van der Waals surface area contributed by atoms with Crippen LogP contribution in [0, 0.1) is 6.92 Å². The molecule has 1 aliphatic rings. The minimum absolute atomic E-state index is 0.0286. The predicted molar refractivity (Wildman–Crippen MR) is 93.8 cm³/mol. The second-order valence-electron chi connectivity index (χ2n) is 6.91. The minimum Gasteiger partial charge on any atom is -0.354 e. The third kappa shape index (κ3) is 5.06. The molecule has 2 aromatic rings. The van der Waals surface area contributed by atoms with Crippen molar-refractivity contribution in [3.8, 4) is 0 Å². The fourth-order valence-corrected chi connectivity index (χ4v) is 3.37. The van der Waals surface area contributed by atoms with E-state index in [2.05, 4.69) is 15.5 Å². The summed E-state index contributed by atoms with van der Waals surface area (Å²) in [6.45, 7) is 1.65. The molecule has 0 radical (unpaired) electrons. The fraction of sp³-hybridized carbons (Fsp3) is 0.588. The normalized spacial score (nSPS) is 14.6. The van der Waals surface area contributed by atoms with Crippen molar-refractivity contribution in [3.05, 3.63) is 33.9 Å². The van der Waals surface area contributed by atoms with Gasteiger partial charge in [-0.25, -0.2) is 8.78 Å². The smallest absolute Gasteiger partial charge is 0.354 e. The molecule has 12 heteroatoms. The summed E-state index contributed by atoms with van der Waals surface area (Å²) in [6.07, 6.45) is -5.38. The Morgan fingerprint density at radius 2 is 2.00 bits per heavy atom. The van der Waals surface area contributed by atoms with Gasteiger partial charge in [0.2, 0.25) is 5.91 Å². The van der Waals surface area contributed by atoms with Crippen LogP contribution in [0.2, 0.25) is 5.02 Å². The van der Waals surface area contributed by atoms with Crippen LogP contribution in [0.15, 0.2) is 6.07 Å². The van der Waals surface area contributed by atoms with Crippen LogP contribution < -0.4 is 5.32 Å². The van der Waals surface area contributed by atoms with E-state index in [1.807, 2.05) is 0 Å². The maximum atomic E-state index is 13.0. The SMILES string of the molecule is Cc1cc(C(F)(F)F)nn1CCCNC(=O)Cn1nc(C(F)F)c(Cl)c1C1CC1. The quantitative estimate of drug-likeness (QED) is 0.498.